The van der Waals surface area contributed by atoms with E-state index in [2.05, 4.69) is 0 Å². The molecule has 57 heavy (non-hydrogen) atoms. The maximum absolute atomic E-state index is 8.29. The minimum atomic E-state index is 0. The molecule has 8 bridgehead atoms. The monoisotopic (exact) mass is 820 g/mol. The molecule has 2 aliphatic rings. The van der Waals surface area contributed by atoms with E-state index in [9.17, 15) is 0 Å². The van der Waals surface area contributed by atoms with Gasteiger partial charge in [-0.15, -0.1) is 0 Å². The zero-order chi connectivity index (χ0) is 37.8. The summed E-state index contributed by atoms with van der Waals surface area (Å²) < 4.78 is 0. The molecule has 0 saturated heterocycles. The van der Waals surface area contributed by atoms with Crippen molar-refractivity contribution in [1.29, 1.82) is 10.5 Å². The topological polar surface area (TPSA) is 153 Å². The van der Waals surface area contributed by atoms with Crippen molar-refractivity contribution in [3.8, 4) is 57.7 Å². The van der Waals surface area contributed by atoms with Crippen LogP contribution in [0.2, 0.25) is 0 Å². The number of rotatable bonds is 0. The molecular formula is C46H26N10Ru. The predicted molar refractivity (Wildman–Crippen MR) is 216 cm³/mol. The first-order chi connectivity index (χ1) is 27.7. The van der Waals surface area contributed by atoms with Crippen LogP contribution in [0.3, 0.4) is 0 Å². The van der Waals surface area contributed by atoms with Crippen molar-refractivity contribution < 1.29 is 19.5 Å². The molecule has 5 heterocycles. The van der Waals surface area contributed by atoms with Gasteiger partial charge in [-0.3, -0.25) is 0 Å². The summed E-state index contributed by atoms with van der Waals surface area (Å²) in [6.45, 7) is 0. The Kier molecular flexibility index (Phi) is 10.1. The molecule has 11 rings (SSSR count). The van der Waals surface area contributed by atoms with Gasteiger partial charge in [0.15, 0.2) is 0 Å². The Labute approximate surface area is 339 Å². The van der Waals surface area contributed by atoms with E-state index in [4.69, 9.17) is 50.4 Å². The van der Waals surface area contributed by atoms with Gasteiger partial charge in [0.05, 0.1) is 46.6 Å². The summed E-state index contributed by atoms with van der Waals surface area (Å²) in [7, 11) is 0. The fourth-order valence-electron chi connectivity index (χ4n) is 6.48. The number of fused-ring (bicyclic) bond motifs is 20. The first-order valence-electron chi connectivity index (χ1n) is 17.7. The Morgan fingerprint density at radius 2 is 0.561 bits per heavy atom. The maximum atomic E-state index is 8.29. The molecule has 0 aliphatic carbocycles. The van der Waals surface area contributed by atoms with Crippen LogP contribution in [0.4, 0.5) is 0 Å². The van der Waals surface area contributed by atoms with Gasteiger partial charge in [0.1, 0.15) is 0 Å². The first-order valence-corrected chi connectivity index (χ1v) is 17.7. The summed E-state index contributed by atoms with van der Waals surface area (Å²) in [6, 6.07) is 54.2. The van der Waals surface area contributed by atoms with Crippen LogP contribution in [0.25, 0.3) is 89.7 Å². The Balaban J connectivity index is 0.000000224. The summed E-state index contributed by atoms with van der Waals surface area (Å²) >= 11 is 0. The van der Waals surface area contributed by atoms with E-state index in [1.807, 2.05) is 146 Å². The van der Waals surface area contributed by atoms with Crippen LogP contribution in [0.1, 0.15) is 11.1 Å². The van der Waals surface area contributed by atoms with Gasteiger partial charge in [-0.05, 0) is 45.8 Å². The number of hydrogen-bond acceptors (Lipinski definition) is 8. The van der Waals surface area contributed by atoms with E-state index in [1.165, 1.54) is 0 Å². The van der Waals surface area contributed by atoms with Gasteiger partial charge in [-0.1, -0.05) is 133 Å². The Bertz CT molecular complexity index is 2810. The van der Waals surface area contributed by atoms with Gasteiger partial charge < -0.3 is 29.9 Å². The third kappa shape index (κ3) is 7.15. The summed E-state index contributed by atoms with van der Waals surface area (Å²) in [5.41, 5.74) is 7.21. The molecule has 0 radical (unpaired) electrons. The Morgan fingerprint density at radius 3 is 0.807 bits per heavy atom. The molecule has 10 nitrogen and oxygen atoms in total. The average Bonchev–Trinajstić information content (AvgIpc) is 4.01. The van der Waals surface area contributed by atoms with Crippen molar-refractivity contribution in [2.45, 2.75) is 0 Å². The van der Waals surface area contributed by atoms with Gasteiger partial charge in [-0.25, -0.2) is 9.97 Å². The molecule has 6 aromatic carbocycles. The van der Waals surface area contributed by atoms with Gasteiger partial charge >= 0.3 is 19.5 Å². The molecule has 0 amide bonds. The number of hydrogen-bond donors (Lipinski definition) is 0. The SMILES string of the molecule is N#Cc1ccccc1.N#Cc1ccccc1.[Ru+2].c1ccc2c(c1)-c1nc-2nc2[n-]c(nc3nc(nc4[n-]c(n1)c1ccccc41)-c1ccccc1-3)c1ccccc21. The van der Waals surface area contributed by atoms with Crippen LogP contribution in [0.5, 0.6) is 0 Å². The molecule has 0 fully saturated rings. The van der Waals surface area contributed by atoms with Gasteiger partial charge in [0, 0.05) is 44.8 Å². The van der Waals surface area contributed by atoms with Crippen LogP contribution in [-0.2, 0) is 19.5 Å². The third-order valence-electron chi connectivity index (χ3n) is 9.14. The van der Waals surface area contributed by atoms with E-state index in [0.717, 1.165) is 43.8 Å². The van der Waals surface area contributed by atoms with Crippen LogP contribution in [-0.4, -0.2) is 29.9 Å². The number of aromatic nitrogens is 8. The van der Waals surface area contributed by atoms with Crippen molar-refractivity contribution in [3.05, 3.63) is 169 Å². The summed E-state index contributed by atoms with van der Waals surface area (Å²) in [6.07, 6.45) is 0. The average molecular weight is 820 g/mol. The molecule has 0 atom stereocenters. The summed E-state index contributed by atoms with van der Waals surface area (Å²) in [4.78, 5) is 39.3. The molecular weight excluding hydrogens is 794 g/mol. The molecule has 11 heteroatoms. The number of nitriles is 2. The fraction of sp³-hybridized carbons (Fsp3) is 0. The van der Waals surface area contributed by atoms with E-state index < -0.39 is 0 Å². The zero-order valence-corrected chi connectivity index (χ0v) is 31.6. The standard InChI is InChI=1S/C32H16N8.2C7H5N.Ru/c1-2-10-18-17(9-1)25-33-26(18)38-28-21-13-5-6-14-22(21)30(35-28)40-32-24-16-8-7-15-23(24)31(36-32)39-29-20-12-4-3-11-19(20)27(34-29)37-25;2*8-6-7-4-2-1-3-5-7;/h1-16H;2*1-5H;/q-2;;;+2. The van der Waals surface area contributed by atoms with Crippen LogP contribution >= 0.6 is 0 Å². The van der Waals surface area contributed by atoms with Gasteiger partial charge in [0.25, 0.3) is 0 Å². The molecule has 9 aromatic rings. The van der Waals surface area contributed by atoms with E-state index in [0.29, 0.717) is 57.0 Å². The van der Waals surface area contributed by atoms with Crippen molar-refractivity contribution in [1.82, 2.24) is 39.9 Å². The van der Waals surface area contributed by atoms with Crippen molar-refractivity contribution in [2.24, 2.45) is 0 Å². The minimum Gasteiger partial charge on any atom is -0.357 e. The van der Waals surface area contributed by atoms with E-state index >= 15 is 0 Å². The van der Waals surface area contributed by atoms with Crippen LogP contribution in [0.15, 0.2) is 158 Å². The second-order valence-electron chi connectivity index (χ2n) is 12.6. The summed E-state index contributed by atoms with van der Waals surface area (Å²) in [5, 5.41) is 20.1. The minimum absolute atomic E-state index is 0. The van der Waals surface area contributed by atoms with Crippen molar-refractivity contribution in [3.63, 3.8) is 0 Å². The molecule has 0 N–H and O–H groups in total. The normalized spacial score (nSPS) is 10.6. The molecule has 0 spiro atoms. The largest absolute Gasteiger partial charge is 2.00 e. The van der Waals surface area contributed by atoms with Crippen LogP contribution < -0.4 is 9.97 Å². The van der Waals surface area contributed by atoms with E-state index in [1.54, 1.807) is 24.3 Å². The second kappa shape index (κ2) is 15.9. The second-order valence-corrected chi connectivity index (χ2v) is 12.6. The van der Waals surface area contributed by atoms with Crippen LogP contribution in [0, 0.1) is 22.7 Å². The smallest absolute Gasteiger partial charge is 0.357 e. The Hall–Kier alpha value is -7.72. The predicted octanol–water partition coefficient (Wildman–Crippen LogP) is 9.24. The van der Waals surface area contributed by atoms with Gasteiger partial charge in [0.2, 0.25) is 0 Å². The van der Waals surface area contributed by atoms with E-state index in [-0.39, 0.29) is 19.5 Å². The molecule has 0 unspecified atom stereocenters. The van der Waals surface area contributed by atoms with Crippen molar-refractivity contribution >= 4 is 44.1 Å². The molecule has 2 aliphatic heterocycles. The summed E-state index contributed by atoms with van der Waals surface area (Å²) in [5.74, 6) is 2.21. The third-order valence-corrected chi connectivity index (χ3v) is 9.14. The fourth-order valence-corrected chi connectivity index (χ4v) is 6.48. The van der Waals surface area contributed by atoms with Crippen molar-refractivity contribution in [2.75, 3.05) is 0 Å². The maximum Gasteiger partial charge on any atom is 2.00 e. The van der Waals surface area contributed by atoms with Gasteiger partial charge in [-0.2, -0.15) is 10.5 Å². The Morgan fingerprint density at radius 1 is 0.316 bits per heavy atom. The molecule has 268 valence electrons. The molecule has 3 aromatic heterocycles. The quantitative estimate of drug-likeness (QED) is 0.135. The first kappa shape index (κ1) is 36.3. The molecule has 0 saturated carbocycles. The number of benzene rings is 6. The number of nitrogens with zero attached hydrogens (tertiary/aromatic N) is 10. The zero-order valence-electron chi connectivity index (χ0n) is 29.8.